The smallest absolute Gasteiger partial charge is 0.0447 e. The molecular weight excluding hydrogens is 232 g/mol. The maximum Gasteiger partial charge on any atom is 0.0447 e. The molecule has 0 aliphatic carbocycles. The molecule has 1 fully saturated rings. The molecule has 2 nitrogen and oxygen atoms in total. The molecule has 1 aliphatic rings. The first-order chi connectivity index (χ1) is 9.42. The molecular formula is C17H19N2. The van der Waals surface area contributed by atoms with E-state index in [-0.39, 0.29) is 0 Å². The van der Waals surface area contributed by atoms with Gasteiger partial charge in [0, 0.05) is 44.5 Å². The maximum atomic E-state index is 3.31. The molecule has 19 heavy (non-hydrogen) atoms. The summed E-state index contributed by atoms with van der Waals surface area (Å²) in [5, 5.41) is 0. The maximum absolute atomic E-state index is 3.31. The number of para-hydroxylation sites is 1. The van der Waals surface area contributed by atoms with Crippen LogP contribution in [-0.2, 0) is 6.54 Å². The SMILES string of the molecule is [c]1ccccc1N1CCN(Cc2ccccc2)CC1. The minimum Gasteiger partial charge on any atom is -0.368 e. The Bertz CT molecular complexity index is 487. The van der Waals surface area contributed by atoms with Gasteiger partial charge in [0.15, 0.2) is 0 Å². The molecule has 1 saturated heterocycles. The van der Waals surface area contributed by atoms with Crippen LogP contribution in [0.15, 0.2) is 54.6 Å². The normalized spacial score (nSPS) is 16.5. The molecule has 1 heterocycles. The van der Waals surface area contributed by atoms with Gasteiger partial charge in [0.1, 0.15) is 0 Å². The minimum absolute atomic E-state index is 1.06. The fourth-order valence-electron chi connectivity index (χ4n) is 2.57. The molecule has 2 heteroatoms. The number of anilines is 1. The number of hydrogen-bond donors (Lipinski definition) is 0. The molecule has 0 amide bonds. The van der Waals surface area contributed by atoms with Crippen LogP contribution >= 0.6 is 0 Å². The Kier molecular flexibility index (Phi) is 3.80. The van der Waals surface area contributed by atoms with E-state index in [0.717, 1.165) is 32.7 Å². The number of nitrogens with zero attached hydrogens (tertiary/aromatic N) is 2. The lowest BCUT2D eigenvalue weighted by Gasteiger charge is -2.36. The fourth-order valence-corrected chi connectivity index (χ4v) is 2.57. The first-order valence-electron chi connectivity index (χ1n) is 6.90. The molecule has 1 aliphatic heterocycles. The predicted octanol–water partition coefficient (Wildman–Crippen LogP) is 2.81. The van der Waals surface area contributed by atoms with Crippen molar-refractivity contribution in [1.29, 1.82) is 0 Å². The molecule has 0 saturated carbocycles. The summed E-state index contributed by atoms with van der Waals surface area (Å²) in [6.07, 6.45) is 0. The van der Waals surface area contributed by atoms with Crippen LogP contribution in [0, 0.1) is 6.07 Å². The van der Waals surface area contributed by atoms with Crippen LogP contribution in [0.2, 0.25) is 0 Å². The summed E-state index contributed by atoms with van der Waals surface area (Å²) >= 11 is 0. The largest absolute Gasteiger partial charge is 0.368 e. The zero-order valence-electron chi connectivity index (χ0n) is 11.1. The van der Waals surface area contributed by atoms with Crippen molar-refractivity contribution >= 4 is 5.69 Å². The van der Waals surface area contributed by atoms with Crippen molar-refractivity contribution in [3.8, 4) is 0 Å². The van der Waals surface area contributed by atoms with Gasteiger partial charge in [-0.05, 0) is 11.6 Å². The van der Waals surface area contributed by atoms with E-state index in [9.17, 15) is 0 Å². The average Bonchev–Trinajstić information content (AvgIpc) is 2.50. The van der Waals surface area contributed by atoms with Crippen LogP contribution in [0.25, 0.3) is 0 Å². The van der Waals surface area contributed by atoms with Crippen LogP contribution in [0.4, 0.5) is 5.69 Å². The van der Waals surface area contributed by atoms with Gasteiger partial charge in [0.25, 0.3) is 0 Å². The second-order valence-electron chi connectivity index (χ2n) is 5.00. The lowest BCUT2D eigenvalue weighted by atomic mass is 10.2. The van der Waals surface area contributed by atoms with Crippen LogP contribution in [0.5, 0.6) is 0 Å². The molecule has 2 aromatic carbocycles. The monoisotopic (exact) mass is 251 g/mol. The third-order valence-corrected chi connectivity index (χ3v) is 3.65. The van der Waals surface area contributed by atoms with Gasteiger partial charge in [-0.1, -0.05) is 48.5 Å². The van der Waals surface area contributed by atoms with Gasteiger partial charge in [0.05, 0.1) is 0 Å². The van der Waals surface area contributed by atoms with Crippen LogP contribution < -0.4 is 4.90 Å². The van der Waals surface area contributed by atoms with Crippen molar-refractivity contribution in [2.24, 2.45) is 0 Å². The first kappa shape index (κ1) is 12.2. The van der Waals surface area contributed by atoms with Gasteiger partial charge < -0.3 is 4.90 Å². The molecule has 3 rings (SSSR count). The molecule has 0 N–H and O–H groups in total. The highest BCUT2D eigenvalue weighted by Gasteiger charge is 2.16. The van der Waals surface area contributed by atoms with Crippen molar-refractivity contribution in [2.75, 3.05) is 31.1 Å². The van der Waals surface area contributed by atoms with E-state index in [2.05, 4.69) is 58.3 Å². The van der Waals surface area contributed by atoms with Crippen molar-refractivity contribution in [1.82, 2.24) is 4.90 Å². The first-order valence-corrected chi connectivity index (χ1v) is 6.90. The minimum atomic E-state index is 1.06. The van der Waals surface area contributed by atoms with Crippen molar-refractivity contribution in [3.05, 3.63) is 66.2 Å². The highest BCUT2D eigenvalue weighted by Crippen LogP contribution is 2.16. The third-order valence-electron chi connectivity index (χ3n) is 3.65. The fraction of sp³-hybridized carbons (Fsp3) is 0.294. The summed E-state index contributed by atoms with van der Waals surface area (Å²) in [6, 6.07) is 22.3. The Morgan fingerprint density at radius 2 is 1.58 bits per heavy atom. The van der Waals surface area contributed by atoms with Gasteiger partial charge in [-0.15, -0.1) is 0 Å². The van der Waals surface area contributed by atoms with Crippen molar-refractivity contribution < 1.29 is 0 Å². The summed E-state index contributed by atoms with van der Waals surface area (Å²) in [5.41, 5.74) is 2.63. The van der Waals surface area contributed by atoms with E-state index in [1.54, 1.807) is 0 Å². The lowest BCUT2D eigenvalue weighted by Crippen LogP contribution is -2.45. The topological polar surface area (TPSA) is 6.48 Å². The van der Waals surface area contributed by atoms with E-state index in [1.165, 1.54) is 11.3 Å². The summed E-state index contributed by atoms with van der Waals surface area (Å²) in [4.78, 5) is 4.94. The zero-order valence-corrected chi connectivity index (χ0v) is 11.1. The lowest BCUT2D eigenvalue weighted by molar-refractivity contribution is 0.250. The quantitative estimate of drug-likeness (QED) is 0.827. The number of rotatable bonds is 3. The average molecular weight is 251 g/mol. The molecule has 2 aromatic rings. The van der Waals surface area contributed by atoms with Gasteiger partial charge in [-0.2, -0.15) is 0 Å². The van der Waals surface area contributed by atoms with E-state index >= 15 is 0 Å². The second kappa shape index (κ2) is 5.89. The Morgan fingerprint density at radius 3 is 2.26 bits per heavy atom. The molecule has 0 aromatic heterocycles. The molecule has 0 bridgehead atoms. The third kappa shape index (κ3) is 3.15. The highest BCUT2D eigenvalue weighted by atomic mass is 15.3. The standard InChI is InChI=1S/C17H19N2/c1-3-7-16(8-4-1)15-18-11-13-19(14-12-18)17-9-5-2-6-10-17/h1-9H,11-15H2. The molecule has 0 unspecified atom stereocenters. The van der Waals surface area contributed by atoms with Crippen LogP contribution in [0.1, 0.15) is 5.56 Å². The van der Waals surface area contributed by atoms with Crippen LogP contribution in [0.3, 0.4) is 0 Å². The number of hydrogen-bond acceptors (Lipinski definition) is 2. The van der Waals surface area contributed by atoms with Gasteiger partial charge >= 0.3 is 0 Å². The van der Waals surface area contributed by atoms with Crippen molar-refractivity contribution in [3.63, 3.8) is 0 Å². The predicted molar refractivity (Wildman–Crippen MR) is 79.2 cm³/mol. The Labute approximate surface area is 115 Å². The van der Waals surface area contributed by atoms with Gasteiger partial charge in [-0.3, -0.25) is 4.90 Å². The number of benzene rings is 2. The molecule has 97 valence electrons. The summed E-state index contributed by atoms with van der Waals surface area (Å²) in [7, 11) is 0. The molecule has 1 radical (unpaired) electrons. The Morgan fingerprint density at radius 1 is 0.842 bits per heavy atom. The summed E-state index contributed by atoms with van der Waals surface area (Å²) in [5.74, 6) is 0. The molecule has 0 atom stereocenters. The Balaban J connectivity index is 1.55. The zero-order chi connectivity index (χ0) is 12.9. The van der Waals surface area contributed by atoms with Crippen molar-refractivity contribution in [2.45, 2.75) is 6.54 Å². The van der Waals surface area contributed by atoms with E-state index in [1.807, 2.05) is 12.1 Å². The van der Waals surface area contributed by atoms with Crippen LogP contribution in [-0.4, -0.2) is 31.1 Å². The highest BCUT2D eigenvalue weighted by molar-refractivity contribution is 5.45. The number of piperazine rings is 1. The van der Waals surface area contributed by atoms with E-state index in [4.69, 9.17) is 0 Å². The molecule has 0 spiro atoms. The van der Waals surface area contributed by atoms with E-state index < -0.39 is 0 Å². The van der Waals surface area contributed by atoms with Gasteiger partial charge in [-0.25, -0.2) is 0 Å². The van der Waals surface area contributed by atoms with Gasteiger partial charge in [0.2, 0.25) is 0 Å². The summed E-state index contributed by atoms with van der Waals surface area (Å²) in [6.45, 7) is 5.49. The van der Waals surface area contributed by atoms with E-state index in [0.29, 0.717) is 0 Å². The summed E-state index contributed by atoms with van der Waals surface area (Å²) < 4.78 is 0. The second-order valence-corrected chi connectivity index (χ2v) is 5.00. The Hall–Kier alpha value is -1.80.